The number of para-hydroxylation sites is 1. The first-order valence-corrected chi connectivity index (χ1v) is 9.60. The number of aromatic hydroxyl groups is 1. The molecule has 2 aromatic carbocycles. The van der Waals surface area contributed by atoms with E-state index < -0.39 is 0 Å². The Kier molecular flexibility index (Phi) is 5.63. The number of benzene rings is 2. The second-order valence-electron chi connectivity index (χ2n) is 7.91. The summed E-state index contributed by atoms with van der Waals surface area (Å²) in [6, 6.07) is 12.8. The molecule has 5 heteroatoms. The van der Waals surface area contributed by atoms with Crippen molar-refractivity contribution >= 4 is 11.6 Å². The minimum Gasteiger partial charge on any atom is -0.508 e. The fourth-order valence-electron chi connectivity index (χ4n) is 3.08. The van der Waals surface area contributed by atoms with Crippen molar-refractivity contribution < 1.29 is 19.4 Å². The van der Waals surface area contributed by atoms with E-state index in [9.17, 15) is 9.90 Å². The van der Waals surface area contributed by atoms with Gasteiger partial charge in [-0.05, 0) is 30.0 Å². The van der Waals surface area contributed by atoms with E-state index in [4.69, 9.17) is 9.47 Å². The van der Waals surface area contributed by atoms with E-state index in [1.54, 1.807) is 11.0 Å². The molecule has 0 saturated heterocycles. The molecule has 28 heavy (non-hydrogen) atoms. The van der Waals surface area contributed by atoms with E-state index in [0.717, 1.165) is 24.1 Å². The highest BCUT2D eigenvalue weighted by Gasteiger charge is 2.28. The Morgan fingerprint density at radius 3 is 2.46 bits per heavy atom. The third-order valence-electron chi connectivity index (χ3n) is 4.64. The first kappa shape index (κ1) is 19.8. The summed E-state index contributed by atoms with van der Waals surface area (Å²) in [6.45, 7) is 8.69. The zero-order chi connectivity index (χ0) is 20.3. The second kappa shape index (κ2) is 7.97. The highest BCUT2D eigenvalue weighted by Crippen LogP contribution is 2.42. The summed E-state index contributed by atoms with van der Waals surface area (Å²) in [5.74, 6) is 0.758. The van der Waals surface area contributed by atoms with Gasteiger partial charge >= 0.3 is 0 Å². The highest BCUT2D eigenvalue weighted by atomic mass is 16.6. The molecular weight excluding hydrogens is 354 g/mol. The number of fused-ring (bicyclic) bond motifs is 1. The van der Waals surface area contributed by atoms with Crippen LogP contribution in [0.4, 0.5) is 5.69 Å². The van der Waals surface area contributed by atoms with Crippen LogP contribution in [0.3, 0.4) is 0 Å². The van der Waals surface area contributed by atoms with Crippen LogP contribution in [0, 0.1) is 0 Å². The number of unbranched alkanes of at least 4 members (excludes halogenated alkanes) is 1. The van der Waals surface area contributed by atoms with Crippen LogP contribution in [0.25, 0.3) is 0 Å². The SMILES string of the molecule is CCCCN(C(=O)C1=COc2cc(C(C)(C)C)c(O)cc2O1)c1ccccc1. The van der Waals surface area contributed by atoms with Crippen LogP contribution in [0.1, 0.15) is 46.1 Å². The number of carbonyl (C=O) groups excluding carboxylic acids is 1. The summed E-state index contributed by atoms with van der Waals surface area (Å²) < 4.78 is 11.5. The van der Waals surface area contributed by atoms with Gasteiger partial charge in [-0.25, -0.2) is 0 Å². The van der Waals surface area contributed by atoms with E-state index in [-0.39, 0.29) is 22.8 Å². The van der Waals surface area contributed by atoms with Gasteiger partial charge in [-0.2, -0.15) is 0 Å². The van der Waals surface area contributed by atoms with Crippen molar-refractivity contribution in [1.82, 2.24) is 0 Å². The van der Waals surface area contributed by atoms with Gasteiger partial charge in [0.05, 0.1) is 0 Å². The van der Waals surface area contributed by atoms with Crippen molar-refractivity contribution in [1.29, 1.82) is 0 Å². The number of rotatable bonds is 5. The summed E-state index contributed by atoms with van der Waals surface area (Å²) in [7, 11) is 0. The molecule has 148 valence electrons. The summed E-state index contributed by atoms with van der Waals surface area (Å²) >= 11 is 0. The zero-order valence-electron chi connectivity index (χ0n) is 16.9. The van der Waals surface area contributed by atoms with Crippen LogP contribution in [0.2, 0.25) is 0 Å². The number of ether oxygens (including phenoxy) is 2. The smallest absolute Gasteiger partial charge is 0.297 e. The molecule has 0 saturated carbocycles. The van der Waals surface area contributed by atoms with E-state index in [0.29, 0.717) is 18.0 Å². The Morgan fingerprint density at radius 1 is 1.11 bits per heavy atom. The largest absolute Gasteiger partial charge is 0.508 e. The van der Waals surface area contributed by atoms with E-state index in [1.807, 2.05) is 51.1 Å². The van der Waals surface area contributed by atoms with Gasteiger partial charge < -0.3 is 19.5 Å². The van der Waals surface area contributed by atoms with Crippen molar-refractivity contribution in [3.05, 3.63) is 60.0 Å². The van der Waals surface area contributed by atoms with Gasteiger partial charge in [-0.15, -0.1) is 0 Å². The lowest BCUT2D eigenvalue weighted by Gasteiger charge is -2.27. The molecule has 1 amide bonds. The van der Waals surface area contributed by atoms with Gasteiger partial charge in [-0.3, -0.25) is 4.79 Å². The quantitative estimate of drug-likeness (QED) is 0.779. The molecule has 0 atom stereocenters. The Bertz CT molecular complexity index is 881. The normalized spacial score (nSPS) is 13.1. The molecule has 0 aromatic heterocycles. The molecule has 0 spiro atoms. The molecule has 1 aliphatic heterocycles. The fraction of sp³-hybridized carbons (Fsp3) is 0.348. The van der Waals surface area contributed by atoms with E-state index in [2.05, 4.69) is 6.92 Å². The number of carbonyl (C=O) groups is 1. The Balaban J connectivity index is 1.87. The maximum atomic E-state index is 13.1. The summed E-state index contributed by atoms with van der Waals surface area (Å²) in [5.41, 5.74) is 1.32. The van der Waals surface area contributed by atoms with Crippen molar-refractivity contribution in [3.8, 4) is 17.2 Å². The van der Waals surface area contributed by atoms with E-state index >= 15 is 0 Å². The average Bonchev–Trinajstić information content (AvgIpc) is 2.67. The number of amides is 1. The van der Waals surface area contributed by atoms with Gasteiger partial charge in [0.2, 0.25) is 5.76 Å². The van der Waals surface area contributed by atoms with Crippen LogP contribution < -0.4 is 14.4 Å². The molecule has 0 fully saturated rings. The summed E-state index contributed by atoms with van der Waals surface area (Å²) in [5, 5.41) is 10.4. The predicted octanol–water partition coefficient (Wildman–Crippen LogP) is 5.14. The first-order chi connectivity index (χ1) is 13.3. The van der Waals surface area contributed by atoms with Gasteiger partial charge in [0.1, 0.15) is 12.0 Å². The van der Waals surface area contributed by atoms with Gasteiger partial charge in [0.15, 0.2) is 11.5 Å². The lowest BCUT2D eigenvalue weighted by molar-refractivity contribution is -0.117. The molecule has 1 heterocycles. The lowest BCUT2D eigenvalue weighted by Crippen LogP contribution is -2.35. The van der Waals surface area contributed by atoms with Crippen LogP contribution in [0.15, 0.2) is 54.5 Å². The van der Waals surface area contributed by atoms with Crippen LogP contribution >= 0.6 is 0 Å². The fourth-order valence-corrected chi connectivity index (χ4v) is 3.08. The third kappa shape index (κ3) is 4.14. The number of phenolic OH excluding ortho intramolecular Hbond substituents is 1. The zero-order valence-corrected chi connectivity index (χ0v) is 16.9. The predicted molar refractivity (Wildman–Crippen MR) is 110 cm³/mol. The minimum atomic E-state index is -0.273. The molecule has 5 nitrogen and oxygen atoms in total. The molecule has 1 N–H and O–H groups in total. The van der Waals surface area contributed by atoms with Crippen LogP contribution in [0.5, 0.6) is 17.2 Å². The maximum absolute atomic E-state index is 13.1. The van der Waals surface area contributed by atoms with Crippen molar-refractivity contribution in [3.63, 3.8) is 0 Å². The lowest BCUT2D eigenvalue weighted by atomic mass is 9.86. The van der Waals surface area contributed by atoms with Gasteiger partial charge in [-0.1, -0.05) is 52.3 Å². The third-order valence-corrected chi connectivity index (χ3v) is 4.64. The average molecular weight is 381 g/mol. The van der Waals surface area contributed by atoms with Crippen molar-refractivity contribution in [2.45, 2.75) is 46.0 Å². The number of nitrogens with zero attached hydrogens (tertiary/aromatic N) is 1. The number of anilines is 1. The number of hydrogen-bond donors (Lipinski definition) is 1. The molecule has 1 aliphatic rings. The first-order valence-electron chi connectivity index (χ1n) is 9.60. The standard InChI is InChI=1S/C23H27NO4/c1-5-6-12-24(16-10-8-7-9-11-16)22(26)21-15-27-19-13-17(23(2,3)4)18(25)14-20(19)28-21/h7-11,13-15,25H,5-6,12H2,1-4H3. The molecule has 3 rings (SSSR count). The Morgan fingerprint density at radius 2 is 1.82 bits per heavy atom. The topological polar surface area (TPSA) is 59.0 Å². The minimum absolute atomic E-state index is 0.0929. The highest BCUT2D eigenvalue weighted by molar-refractivity contribution is 6.04. The molecule has 0 radical (unpaired) electrons. The summed E-state index contributed by atoms with van der Waals surface area (Å²) in [4.78, 5) is 14.8. The Hall–Kier alpha value is -2.95. The maximum Gasteiger partial charge on any atom is 0.297 e. The second-order valence-corrected chi connectivity index (χ2v) is 7.91. The van der Waals surface area contributed by atoms with Gasteiger partial charge in [0, 0.05) is 23.9 Å². The van der Waals surface area contributed by atoms with E-state index in [1.165, 1.54) is 12.3 Å². The monoisotopic (exact) mass is 381 g/mol. The molecular formula is C23H27NO4. The number of phenols is 1. The van der Waals surface area contributed by atoms with Crippen LogP contribution in [-0.2, 0) is 10.2 Å². The molecule has 0 bridgehead atoms. The van der Waals surface area contributed by atoms with Crippen LogP contribution in [-0.4, -0.2) is 17.6 Å². The molecule has 2 aromatic rings. The Labute approximate surface area is 166 Å². The van der Waals surface area contributed by atoms with Crippen molar-refractivity contribution in [2.75, 3.05) is 11.4 Å². The van der Waals surface area contributed by atoms with Gasteiger partial charge in [0.25, 0.3) is 5.91 Å². The molecule has 0 aliphatic carbocycles. The van der Waals surface area contributed by atoms with Crippen molar-refractivity contribution in [2.24, 2.45) is 0 Å². The summed E-state index contributed by atoms with van der Waals surface area (Å²) in [6.07, 6.45) is 3.19. The molecule has 0 unspecified atom stereocenters. The number of hydrogen-bond acceptors (Lipinski definition) is 4.